The Bertz CT molecular complexity index is 586. The quantitative estimate of drug-likeness (QED) is 0.880. The molecule has 0 bridgehead atoms. The molecule has 1 aliphatic rings. The van der Waals surface area contributed by atoms with Crippen LogP contribution in [0.1, 0.15) is 31.9 Å². The first-order valence-corrected chi connectivity index (χ1v) is 7.57. The lowest BCUT2D eigenvalue weighted by Crippen LogP contribution is -2.42. The maximum Gasteiger partial charge on any atom is 0.0457 e. The van der Waals surface area contributed by atoms with Crippen molar-refractivity contribution in [2.75, 3.05) is 26.2 Å². The maximum absolute atomic E-state index is 3.41. The average molecular weight is 271 g/mol. The van der Waals surface area contributed by atoms with Gasteiger partial charge in [0.25, 0.3) is 0 Å². The molecule has 3 rings (SSSR count). The second kappa shape index (κ2) is 5.23. The number of fused-ring (bicyclic) bond motifs is 1. The Labute approximate surface area is 121 Å². The van der Waals surface area contributed by atoms with E-state index in [0.29, 0.717) is 0 Å². The Kier molecular flexibility index (Phi) is 3.57. The summed E-state index contributed by atoms with van der Waals surface area (Å²) >= 11 is 0. The van der Waals surface area contributed by atoms with E-state index in [4.69, 9.17) is 0 Å². The Balaban J connectivity index is 1.90. The van der Waals surface area contributed by atoms with Gasteiger partial charge in [-0.1, -0.05) is 26.8 Å². The van der Waals surface area contributed by atoms with Crippen molar-refractivity contribution in [2.24, 2.45) is 0 Å². The van der Waals surface area contributed by atoms with Crippen LogP contribution in [0.4, 0.5) is 0 Å². The zero-order valence-corrected chi connectivity index (χ0v) is 12.8. The molecule has 2 heterocycles. The van der Waals surface area contributed by atoms with E-state index in [0.717, 1.165) is 32.7 Å². The third-order valence-electron chi connectivity index (χ3n) is 4.24. The van der Waals surface area contributed by atoms with Gasteiger partial charge in [-0.2, -0.15) is 0 Å². The zero-order valence-electron chi connectivity index (χ0n) is 12.8. The van der Waals surface area contributed by atoms with Gasteiger partial charge in [-0.3, -0.25) is 4.90 Å². The van der Waals surface area contributed by atoms with Crippen molar-refractivity contribution in [3.63, 3.8) is 0 Å². The molecular formula is C17H25N3. The summed E-state index contributed by atoms with van der Waals surface area (Å²) in [4.78, 5) is 5.94. The van der Waals surface area contributed by atoms with E-state index >= 15 is 0 Å². The summed E-state index contributed by atoms with van der Waals surface area (Å²) in [5, 5.41) is 4.80. The normalized spacial score (nSPS) is 17.8. The van der Waals surface area contributed by atoms with E-state index in [9.17, 15) is 0 Å². The minimum atomic E-state index is 0.206. The number of nitrogens with one attached hydrogen (secondary N) is 2. The zero-order chi connectivity index (χ0) is 14.2. The second-order valence-electron chi connectivity index (χ2n) is 6.85. The minimum Gasteiger partial charge on any atom is -0.361 e. The lowest BCUT2D eigenvalue weighted by atomic mass is 9.86. The predicted octanol–water partition coefficient (Wildman–Crippen LogP) is 2.87. The Morgan fingerprint density at radius 3 is 2.60 bits per heavy atom. The number of H-pyrrole nitrogens is 1. The number of hydrogen-bond donors (Lipinski definition) is 2. The van der Waals surface area contributed by atoms with Gasteiger partial charge in [0.2, 0.25) is 0 Å². The van der Waals surface area contributed by atoms with Gasteiger partial charge in [0, 0.05) is 49.8 Å². The van der Waals surface area contributed by atoms with Crippen molar-refractivity contribution in [1.82, 2.24) is 15.2 Å². The fourth-order valence-electron chi connectivity index (χ4n) is 2.89. The summed E-state index contributed by atoms with van der Waals surface area (Å²) < 4.78 is 0. The molecular weight excluding hydrogens is 246 g/mol. The predicted molar refractivity (Wildman–Crippen MR) is 85.1 cm³/mol. The number of rotatable bonds is 2. The van der Waals surface area contributed by atoms with Crippen molar-refractivity contribution < 1.29 is 0 Å². The Hall–Kier alpha value is -1.32. The van der Waals surface area contributed by atoms with Gasteiger partial charge < -0.3 is 10.3 Å². The number of benzene rings is 1. The molecule has 1 aliphatic heterocycles. The third kappa shape index (κ3) is 2.74. The molecule has 0 unspecified atom stereocenters. The van der Waals surface area contributed by atoms with Crippen LogP contribution >= 0.6 is 0 Å². The molecule has 1 saturated heterocycles. The van der Waals surface area contributed by atoms with Crippen LogP contribution in [0, 0.1) is 0 Å². The van der Waals surface area contributed by atoms with Crippen LogP contribution < -0.4 is 5.32 Å². The number of hydrogen-bond acceptors (Lipinski definition) is 2. The number of aromatic amines is 1. The summed E-state index contributed by atoms with van der Waals surface area (Å²) in [6.45, 7) is 12.4. The van der Waals surface area contributed by atoms with Gasteiger partial charge in [-0.25, -0.2) is 0 Å². The average Bonchev–Trinajstić information content (AvgIpc) is 2.82. The second-order valence-corrected chi connectivity index (χ2v) is 6.85. The molecule has 0 saturated carbocycles. The summed E-state index contributed by atoms with van der Waals surface area (Å²) in [5.74, 6) is 0. The Morgan fingerprint density at radius 2 is 1.90 bits per heavy atom. The van der Waals surface area contributed by atoms with Crippen LogP contribution in [0.2, 0.25) is 0 Å². The van der Waals surface area contributed by atoms with E-state index in [1.165, 1.54) is 22.0 Å². The van der Waals surface area contributed by atoms with Gasteiger partial charge in [-0.05, 0) is 28.7 Å². The Morgan fingerprint density at radius 1 is 1.15 bits per heavy atom. The van der Waals surface area contributed by atoms with E-state index in [1.807, 2.05) is 0 Å². The first kappa shape index (κ1) is 13.7. The molecule has 3 nitrogen and oxygen atoms in total. The molecule has 0 atom stereocenters. The minimum absolute atomic E-state index is 0.206. The summed E-state index contributed by atoms with van der Waals surface area (Å²) in [6, 6.07) is 6.83. The number of nitrogens with zero attached hydrogens (tertiary/aromatic N) is 1. The highest BCUT2D eigenvalue weighted by Crippen LogP contribution is 2.28. The van der Waals surface area contributed by atoms with E-state index in [2.05, 4.69) is 60.4 Å². The van der Waals surface area contributed by atoms with Crippen molar-refractivity contribution >= 4 is 10.9 Å². The summed E-state index contributed by atoms with van der Waals surface area (Å²) in [5.41, 5.74) is 4.29. The molecule has 0 aliphatic carbocycles. The molecule has 1 fully saturated rings. The first-order chi connectivity index (χ1) is 9.54. The molecule has 1 aromatic heterocycles. The van der Waals surface area contributed by atoms with Gasteiger partial charge in [0.15, 0.2) is 0 Å². The van der Waals surface area contributed by atoms with Crippen LogP contribution in [0.15, 0.2) is 24.4 Å². The number of aromatic nitrogens is 1. The highest BCUT2D eigenvalue weighted by atomic mass is 15.2. The number of piperazine rings is 1. The summed E-state index contributed by atoms with van der Waals surface area (Å²) in [6.07, 6.45) is 2.18. The van der Waals surface area contributed by atoms with Gasteiger partial charge in [0.05, 0.1) is 0 Å². The smallest absolute Gasteiger partial charge is 0.0457 e. The van der Waals surface area contributed by atoms with Gasteiger partial charge >= 0.3 is 0 Å². The fourth-order valence-corrected chi connectivity index (χ4v) is 2.89. The molecule has 20 heavy (non-hydrogen) atoms. The highest BCUT2D eigenvalue weighted by Gasteiger charge is 2.16. The highest BCUT2D eigenvalue weighted by molar-refractivity contribution is 5.84. The lowest BCUT2D eigenvalue weighted by Gasteiger charge is -2.27. The van der Waals surface area contributed by atoms with Crippen LogP contribution in [0.3, 0.4) is 0 Å². The van der Waals surface area contributed by atoms with Gasteiger partial charge in [0.1, 0.15) is 0 Å². The van der Waals surface area contributed by atoms with Gasteiger partial charge in [-0.15, -0.1) is 0 Å². The SMILES string of the molecule is CC(C)(C)c1ccc2[nH]cc(CN3CCNCC3)c2c1. The molecule has 2 aromatic rings. The van der Waals surface area contributed by atoms with Crippen LogP contribution in [0.5, 0.6) is 0 Å². The fraction of sp³-hybridized carbons (Fsp3) is 0.529. The van der Waals surface area contributed by atoms with E-state index < -0.39 is 0 Å². The monoisotopic (exact) mass is 271 g/mol. The van der Waals surface area contributed by atoms with Crippen LogP contribution in [-0.2, 0) is 12.0 Å². The molecule has 0 radical (unpaired) electrons. The van der Waals surface area contributed by atoms with Crippen molar-refractivity contribution in [3.8, 4) is 0 Å². The van der Waals surface area contributed by atoms with Crippen molar-refractivity contribution in [3.05, 3.63) is 35.5 Å². The third-order valence-corrected chi connectivity index (χ3v) is 4.24. The largest absolute Gasteiger partial charge is 0.361 e. The molecule has 1 aromatic carbocycles. The molecule has 0 amide bonds. The standard InChI is InChI=1S/C17H25N3/c1-17(2,3)14-4-5-16-15(10-14)13(11-19-16)12-20-8-6-18-7-9-20/h4-5,10-11,18-19H,6-9,12H2,1-3H3. The maximum atomic E-state index is 3.41. The van der Waals surface area contributed by atoms with Crippen LogP contribution in [0.25, 0.3) is 10.9 Å². The lowest BCUT2D eigenvalue weighted by molar-refractivity contribution is 0.234. The van der Waals surface area contributed by atoms with Crippen LogP contribution in [-0.4, -0.2) is 36.1 Å². The molecule has 2 N–H and O–H groups in total. The van der Waals surface area contributed by atoms with Crippen molar-refractivity contribution in [1.29, 1.82) is 0 Å². The topological polar surface area (TPSA) is 31.1 Å². The van der Waals surface area contributed by atoms with Crippen molar-refractivity contribution in [2.45, 2.75) is 32.7 Å². The molecule has 108 valence electrons. The summed E-state index contributed by atoms with van der Waals surface area (Å²) in [7, 11) is 0. The first-order valence-electron chi connectivity index (χ1n) is 7.57. The van der Waals surface area contributed by atoms with E-state index in [1.54, 1.807) is 0 Å². The molecule has 3 heteroatoms. The van der Waals surface area contributed by atoms with E-state index in [-0.39, 0.29) is 5.41 Å². The molecule has 0 spiro atoms.